The number of anilines is 1. The molecular weight excluding hydrogens is 278 g/mol. The number of nitrogens with zero attached hydrogens (tertiary/aromatic N) is 2. The highest BCUT2D eigenvalue weighted by Crippen LogP contribution is 2.25. The number of imidazole rings is 1. The van der Waals surface area contributed by atoms with Gasteiger partial charge in [-0.2, -0.15) is 8.78 Å². The Morgan fingerprint density at radius 3 is 2.70 bits per heavy atom. The molecule has 0 atom stereocenters. The maximum absolute atomic E-state index is 12.8. The summed E-state index contributed by atoms with van der Waals surface area (Å²) in [4.78, 5) is 14.9. The minimum absolute atomic E-state index is 0.0125. The average Bonchev–Trinajstić information content (AvgIpc) is 2.92. The summed E-state index contributed by atoms with van der Waals surface area (Å²) in [6.07, 6.45) is 0.527. The fraction of sp³-hybridized carbons (Fsp3) is 0.167. The van der Waals surface area contributed by atoms with Crippen LogP contribution < -0.4 is 5.32 Å². The molecule has 2 aromatic rings. The van der Waals surface area contributed by atoms with Crippen molar-refractivity contribution in [2.24, 2.45) is 0 Å². The Morgan fingerprint density at radius 1 is 1.35 bits per heavy atom. The van der Waals surface area contributed by atoms with E-state index in [1.165, 1.54) is 30.7 Å². The van der Waals surface area contributed by atoms with Crippen molar-refractivity contribution in [3.8, 4) is 5.69 Å². The smallest absolute Gasteiger partial charge is 0.321 e. The molecule has 0 aliphatic heterocycles. The minimum Gasteiger partial charge on any atom is -0.321 e. The number of aromatic nitrogens is 2. The molecule has 4 nitrogen and oxygen atoms in total. The van der Waals surface area contributed by atoms with Gasteiger partial charge in [0.15, 0.2) is 0 Å². The molecule has 0 saturated carbocycles. The molecule has 1 aromatic heterocycles. The normalized spacial score (nSPS) is 11.7. The van der Waals surface area contributed by atoms with E-state index in [2.05, 4.69) is 4.98 Å². The van der Waals surface area contributed by atoms with Gasteiger partial charge >= 0.3 is 18.3 Å². The number of hydrogen-bond donors (Lipinski definition) is 1. The van der Waals surface area contributed by atoms with Crippen molar-refractivity contribution in [1.82, 2.24) is 9.55 Å². The van der Waals surface area contributed by atoms with E-state index in [0.29, 0.717) is 5.69 Å². The molecule has 0 unspecified atom stereocenters. The number of amides is 1. The standard InChI is InChI=1S/C12H9F4N3O/c13-10(14)12(15,16)11(20)18-8-2-1-3-9(6-8)19-5-4-17-7-19/h1-7,10H,(H,18,20). The van der Waals surface area contributed by atoms with Crippen LogP contribution in [0.5, 0.6) is 0 Å². The number of carbonyl (C=O) groups is 1. The summed E-state index contributed by atoms with van der Waals surface area (Å²) in [5.41, 5.74) is 0.530. The lowest BCUT2D eigenvalue weighted by Gasteiger charge is -2.15. The van der Waals surface area contributed by atoms with Crippen LogP contribution in [0.15, 0.2) is 43.0 Å². The first-order valence-corrected chi connectivity index (χ1v) is 5.47. The van der Waals surface area contributed by atoms with Crippen LogP contribution in [0.1, 0.15) is 0 Å². The summed E-state index contributed by atoms with van der Waals surface area (Å²) in [7, 11) is 0. The number of nitrogens with one attached hydrogen (secondary N) is 1. The van der Waals surface area contributed by atoms with Crippen molar-refractivity contribution in [3.63, 3.8) is 0 Å². The zero-order chi connectivity index (χ0) is 14.8. The van der Waals surface area contributed by atoms with E-state index in [4.69, 9.17) is 0 Å². The highest BCUT2D eigenvalue weighted by atomic mass is 19.3. The lowest BCUT2D eigenvalue weighted by Crippen LogP contribution is -2.40. The van der Waals surface area contributed by atoms with Crippen molar-refractivity contribution >= 4 is 11.6 Å². The van der Waals surface area contributed by atoms with Crippen molar-refractivity contribution < 1.29 is 22.4 Å². The number of rotatable bonds is 4. The minimum atomic E-state index is -4.73. The quantitative estimate of drug-likeness (QED) is 0.879. The molecule has 8 heteroatoms. The number of hydrogen-bond acceptors (Lipinski definition) is 2. The lowest BCUT2D eigenvalue weighted by atomic mass is 10.2. The third-order valence-electron chi connectivity index (χ3n) is 2.48. The van der Waals surface area contributed by atoms with Crippen LogP contribution in [-0.4, -0.2) is 27.8 Å². The number of halogens is 4. The number of benzene rings is 1. The van der Waals surface area contributed by atoms with Crippen LogP contribution in [0.3, 0.4) is 0 Å². The summed E-state index contributed by atoms with van der Waals surface area (Å²) in [5.74, 6) is -6.78. The predicted octanol–water partition coefficient (Wildman–Crippen LogP) is 2.71. The Hall–Kier alpha value is -2.38. The van der Waals surface area contributed by atoms with E-state index in [1.54, 1.807) is 22.1 Å². The van der Waals surface area contributed by atoms with Gasteiger partial charge in [-0.15, -0.1) is 0 Å². The second kappa shape index (κ2) is 5.32. The summed E-state index contributed by atoms with van der Waals surface area (Å²) in [5, 5.41) is 1.76. The van der Waals surface area contributed by atoms with Gasteiger partial charge in [-0.25, -0.2) is 13.8 Å². The molecule has 1 N–H and O–H groups in total. The molecule has 0 bridgehead atoms. The van der Waals surface area contributed by atoms with Crippen LogP contribution in [0.4, 0.5) is 23.2 Å². The van der Waals surface area contributed by atoms with E-state index < -0.39 is 18.3 Å². The SMILES string of the molecule is O=C(Nc1cccc(-n2ccnc2)c1)C(F)(F)C(F)F. The van der Waals surface area contributed by atoms with Gasteiger partial charge in [0.2, 0.25) is 0 Å². The van der Waals surface area contributed by atoms with Gasteiger partial charge in [0.05, 0.1) is 6.33 Å². The molecule has 106 valence electrons. The van der Waals surface area contributed by atoms with Crippen LogP contribution >= 0.6 is 0 Å². The molecule has 0 aliphatic rings. The van der Waals surface area contributed by atoms with Crippen molar-refractivity contribution in [2.45, 2.75) is 12.3 Å². The molecule has 0 radical (unpaired) electrons. The molecule has 1 aromatic carbocycles. The van der Waals surface area contributed by atoms with Crippen LogP contribution in [-0.2, 0) is 4.79 Å². The van der Waals surface area contributed by atoms with E-state index in [-0.39, 0.29) is 5.69 Å². The highest BCUT2D eigenvalue weighted by Gasteiger charge is 2.48. The lowest BCUT2D eigenvalue weighted by molar-refractivity contribution is -0.163. The third-order valence-corrected chi connectivity index (χ3v) is 2.48. The van der Waals surface area contributed by atoms with Crippen molar-refractivity contribution in [2.75, 3.05) is 5.32 Å². The summed E-state index contributed by atoms with van der Waals surface area (Å²) in [6.45, 7) is 0. The average molecular weight is 287 g/mol. The first-order valence-electron chi connectivity index (χ1n) is 5.47. The fourth-order valence-corrected chi connectivity index (χ4v) is 1.47. The van der Waals surface area contributed by atoms with Gasteiger partial charge in [-0.1, -0.05) is 6.07 Å². The molecule has 1 amide bonds. The van der Waals surface area contributed by atoms with E-state index in [0.717, 1.165) is 0 Å². The third kappa shape index (κ3) is 2.79. The van der Waals surface area contributed by atoms with Gasteiger partial charge in [-0.3, -0.25) is 4.79 Å². The Morgan fingerprint density at radius 2 is 2.10 bits per heavy atom. The van der Waals surface area contributed by atoms with Crippen molar-refractivity contribution in [3.05, 3.63) is 43.0 Å². The molecule has 0 spiro atoms. The Labute approximate surface area is 111 Å². The molecule has 0 fully saturated rings. The molecule has 2 rings (SSSR count). The zero-order valence-electron chi connectivity index (χ0n) is 9.93. The first kappa shape index (κ1) is 14.0. The Balaban J connectivity index is 2.19. The highest BCUT2D eigenvalue weighted by molar-refractivity contribution is 5.96. The van der Waals surface area contributed by atoms with Gasteiger partial charge in [-0.05, 0) is 18.2 Å². The molecule has 1 heterocycles. The van der Waals surface area contributed by atoms with Crippen LogP contribution in [0, 0.1) is 0 Å². The molecule has 0 aliphatic carbocycles. The largest absolute Gasteiger partial charge is 0.383 e. The van der Waals surface area contributed by atoms with E-state index >= 15 is 0 Å². The topological polar surface area (TPSA) is 46.9 Å². The Kier molecular flexibility index (Phi) is 3.73. The maximum Gasteiger partial charge on any atom is 0.383 e. The molecule has 20 heavy (non-hydrogen) atoms. The van der Waals surface area contributed by atoms with Gasteiger partial charge in [0.1, 0.15) is 0 Å². The maximum atomic E-state index is 12.8. The van der Waals surface area contributed by atoms with Gasteiger partial charge < -0.3 is 9.88 Å². The first-order chi connectivity index (χ1) is 9.41. The number of alkyl halides is 4. The molecular formula is C12H9F4N3O. The summed E-state index contributed by atoms with van der Waals surface area (Å²) < 4.78 is 51.3. The van der Waals surface area contributed by atoms with Crippen LogP contribution in [0.2, 0.25) is 0 Å². The van der Waals surface area contributed by atoms with Gasteiger partial charge in [0.25, 0.3) is 0 Å². The zero-order valence-corrected chi connectivity index (χ0v) is 9.93. The van der Waals surface area contributed by atoms with E-state index in [9.17, 15) is 22.4 Å². The number of carbonyl (C=O) groups excluding carboxylic acids is 1. The second-order valence-electron chi connectivity index (χ2n) is 3.90. The fourth-order valence-electron chi connectivity index (χ4n) is 1.47. The van der Waals surface area contributed by atoms with Gasteiger partial charge in [0, 0.05) is 23.8 Å². The second-order valence-corrected chi connectivity index (χ2v) is 3.90. The summed E-state index contributed by atoms with van der Waals surface area (Å²) in [6, 6.07) is 5.81. The van der Waals surface area contributed by atoms with Crippen molar-refractivity contribution in [1.29, 1.82) is 0 Å². The summed E-state index contributed by atoms with van der Waals surface area (Å²) >= 11 is 0. The monoisotopic (exact) mass is 287 g/mol. The predicted molar refractivity (Wildman–Crippen MR) is 63.1 cm³/mol. The van der Waals surface area contributed by atoms with E-state index in [1.807, 2.05) is 0 Å². The van der Waals surface area contributed by atoms with Crippen LogP contribution in [0.25, 0.3) is 5.69 Å². The molecule has 0 saturated heterocycles. The Bertz CT molecular complexity index is 599.